The third kappa shape index (κ3) is 0.991. The van der Waals surface area contributed by atoms with Gasteiger partial charge in [0, 0.05) is 12.5 Å². The molecule has 0 amide bonds. The number of esters is 1. The standard InChI is InChI=1S/C11H16O3/c1-2-13-9-4-6-3-7(9)10-8(6)5-14-11(10)12/h6-10H,2-5H2,1H3. The zero-order valence-corrected chi connectivity index (χ0v) is 8.44. The molecule has 3 aliphatic rings. The van der Waals surface area contributed by atoms with E-state index in [1.165, 1.54) is 6.42 Å². The van der Waals surface area contributed by atoms with Gasteiger partial charge in [0.1, 0.15) is 0 Å². The van der Waals surface area contributed by atoms with Crippen molar-refractivity contribution in [3.63, 3.8) is 0 Å². The molecule has 3 rings (SSSR count). The molecule has 1 heterocycles. The van der Waals surface area contributed by atoms with E-state index in [-0.39, 0.29) is 11.9 Å². The third-order valence-corrected chi connectivity index (χ3v) is 4.19. The summed E-state index contributed by atoms with van der Waals surface area (Å²) in [6.45, 7) is 3.46. The molecular weight excluding hydrogens is 180 g/mol. The predicted octanol–water partition coefficient (Wildman–Crippen LogP) is 1.22. The van der Waals surface area contributed by atoms with Crippen LogP contribution in [0.25, 0.3) is 0 Å². The second-order valence-electron chi connectivity index (χ2n) is 4.71. The van der Waals surface area contributed by atoms with E-state index in [4.69, 9.17) is 9.47 Å². The maximum Gasteiger partial charge on any atom is 0.309 e. The van der Waals surface area contributed by atoms with Gasteiger partial charge in [0.15, 0.2) is 0 Å². The normalized spacial score (nSPS) is 49.5. The second kappa shape index (κ2) is 2.96. The van der Waals surface area contributed by atoms with Gasteiger partial charge < -0.3 is 9.47 Å². The van der Waals surface area contributed by atoms with Gasteiger partial charge in [0.25, 0.3) is 0 Å². The van der Waals surface area contributed by atoms with E-state index < -0.39 is 0 Å². The van der Waals surface area contributed by atoms with Gasteiger partial charge in [-0.3, -0.25) is 4.79 Å². The lowest BCUT2D eigenvalue weighted by atomic mass is 9.80. The molecule has 0 radical (unpaired) electrons. The molecule has 78 valence electrons. The molecule has 0 aromatic carbocycles. The molecule has 0 aromatic rings. The number of fused-ring (bicyclic) bond motifs is 5. The van der Waals surface area contributed by atoms with E-state index in [9.17, 15) is 4.79 Å². The van der Waals surface area contributed by atoms with Gasteiger partial charge in [0.2, 0.25) is 0 Å². The maximum atomic E-state index is 11.5. The van der Waals surface area contributed by atoms with Crippen LogP contribution < -0.4 is 0 Å². The minimum absolute atomic E-state index is 0.0342. The highest BCUT2D eigenvalue weighted by Gasteiger charge is 2.59. The van der Waals surface area contributed by atoms with Crippen molar-refractivity contribution in [2.45, 2.75) is 25.9 Å². The van der Waals surface area contributed by atoms with Crippen LogP contribution >= 0.6 is 0 Å². The van der Waals surface area contributed by atoms with Crippen LogP contribution in [0.2, 0.25) is 0 Å². The molecule has 3 fully saturated rings. The first kappa shape index (κ1) is 8.72. The van der Waals surface area contributed by atoms with Crippen molar-refractivity contribution in [3.8, 4) is 0 Å². The summed E-state index contributed by atoms with van der Waals surface area (Å²) in [7, 11) is 0. The highest BCUT2D eigenvalue weighted by Crippen LogP contribution is 2.55. The molecule has 2 bridgehead atoms. The van der Waals surface area contributed by atoms with Crippen molar-refractivity contribution in [1.82, 2.24) is 0 Å². The molecular formula is C11H16O3. The van der Waals surface area contributed by atoms with Crippen LogP contribution in [0.3, 0.4) is 0 Å². The van der Waals surface area contributed by atoms with E-state index >= 15 is 0 Å². The van der Waals surface area contributed by atoms with Crippen LogP contribution in [0.1, 0.15) is 19.8 Å². The predicted molar refractivity (Wildman–Crippen MR) is 49.6 cm³/mol. The molecule has 2 aliphatic carbocycles. The summed E-state index contributed by atoms with van der Waals surface area (Å²) in [4.78, 5) is 11.5. The van der Waals surface area contributed by atoms with Crippen molar-refractivity contribution < 1.29 is 14.3 Å². The Kier molecular flexibility index (Phi) is 1.84. The lowest BCUT2D eigenvalue weighted by Crippen LogP contribution is -2.33. The van der Waals surface area contributed by atoms with Crippen molar-refractivity contribution in [1.29, 1.82) is 0 Å². The fourth-order valence-electron chi connectivity index (χ4n) is 3.68. The van der Waals surface area contributed by atoms with Crippen LogP contribution in [0, 0.1) is 23.7 Å². The Balaban J connectivity index is 1.80. The summed E-state index contributed by atoms with van der Waals surface area (Å²) in [6, 6.07) is 0. The van der Waals surface area contributed by atoms with Crippen LogP contribution in [-0.4, -0.2) is 25.3 Å². The monoisotopic (exact) mass is 196 g/mol. The second-order valence-corrected chi connectivity index (χ2v) is 4.71. The number of carbonyl (C=O) groups excluding carboxylic acids is 1. The van der Waals surface area contributed by atoms with E-state index in [2.05, 4.69) is 0 Å². The van der Waals surface area contributed by atoms with Gasteiger partial charge in [-0.15, -0.1) is 0 Å². The average molecular weight is 196 g/mol. The smallest absolute Gasteiger partial charge is 0.309 e. The van der Waals surface area contributed by atoms with Gasteiger partial charge in [-0.1, -0.05) is 0 Å². The molecule has 2 saturated carbocycles. The Labute approximate surface area is 83.8 Å². The van der Waals surface area contributed by atoms with Gasteiger partial charge in [-0.25, -0.2) is 0 Å². The summed E-state index contributed by atoms with van der Waals surface area (Å²) in [5, 5.41) is 0. The minimum Gasteiger partial charge on any atom is -0.465 e. The van der Waals surface area contributed by atoms with Gasteiger partial charge in [-0.05, 0) is 31.6 Å². The number of hydrogen-bond acceptors (Lipinski definition) is 3. The van der Waals surface area contributed by atoms with Crippen LogP contribution in [0.5, 0.6) is 0 Å². The average Bonchev–Trinajstić information content (AvgIpc) is 2.78. The van der Waals surface area contributed by atoms with Gasteiger partial charge >= 0.3 is 5.97 Å². The molecule has 14 heavy (non-hydrogen) atoms. The molecule has 5 unspecified atom stereocenters. The highest BCUT2D eigenvalue weighted by molar-refractivity contribution is 5.76. The summed E-state index contributed by atoms with van der Waals surface area (Å²) >= 11 is 0. The molecule has 1 saturated heterocycles. The Morgan fingerprint density at radius 1 is 1.43 bits per heavy atom. The maximum absolute atomic E-state index is 11.5. The van der Waals surface area contributed by atoms with E-state index in [1.54, 1.807) is 0 Å². The molecule has 3 heteroatoms. The summed E-state index contributed by atoms with van der Waals surface area (Å²) in [5.41, 5.74) is 0. The fourth-order valence-corrected chi connectivity index (χ4v) is 3.68. The molecule has 3 nitrogen and oxygen atoms in total. The Bertz CT molecular complexity index is 263. The molecule has 0 N–H and O–H groups in total. The van der Waals surface area contributed by atoms with Gasteiger partial charge in [0.05, 0.1) is 18.6 Å². The van der Waals surface area contributed by atoms with Crippen LogP contribution in [0.15, 0.2) is 0 Å². The zero-order chi connectivity index (χ0) is 9.71. The molecule has 1 aliphatic heterocycles. The Morgan fingerprint density at radius 3 is 3.07 bits per heavy atom. The topological polar surface area (TPSA) is 35.5 Å². The third-order valence-electron chi connectivity index (χ3n) is 4.19. The Morgan fingerprint density at radius 2 is 2.29 bits per heavy atom. The molecule has 5 atom stereocenters. The highest BCUT2D eigenvalue weighted by atomic mass is 16.5. The summed E-state index contributed by atoms with van der Waals surface area (Å²) in [6.07, 6.45) is 2.67. The van der Waals surface area contributed by atoms with E-state index in [0.717, 1.165) is 13.0 Å². The zero-order valence-electron chi connectivity index (χ0n) is 8.44. The van der Waals surface area contributed by atoms with Crippen molar-refractivity contribution in [3.05, 3.63) is 0 Å². The number of carbonyl (C=O) groups is 1. The minimum atomic E-state index is 0.0342. The van der Waals surface area contributed by atoms with Crippen molar-refractivity contribution >= 4 is 5.97 Å². The first-order valence-corrected chi connectivity index (χ1v) is 5.59. The number of ether oxygens (including phenoxy) is 2. The summed E-state index contributed by atoms with van der Waals surface area (Å²) < 4.78 is 10.8. The lowest BCUT2D eigenvalue weighted by Gasteiger charge is -2.27. The fraction of sp³-hybridized carbons (Fsp3) is 0.909. The van der Waals surface area contributed by atoms with E-state index in [1.807, 2.05) is 6.92 Å². The van der Waals surface area contributed by atoms with Crippen molar-refractivity contribution in [2.24, 2.45) is 23.7 Å². The van der Waals surface area contributed by atoms with Crippen molar-refractivity contribution in [2.75, 3.05) is 13.2 Å². The molecule has 0 spiro atoms. The summed E-state index contributed by atoms with van der Waals surface area (Å²) in [5.74, 6) is 1.87. The number of cyclic esters (lactones) is 1. The molecule has 0 aromatic heterocycles. The quantitative estimate of drug-likeness (QED) is 0.623. The largest absolute Gasteiger partial charge is 0.465 e. The first-order valence-electron chi connectivity index (χ1n) is 5.59. The first-order chi connectivity index (χ1) is 6.81. The van der Waals surface area contributed by atoms with Crippen LogP contribution in [0.4, 0.5) is 0 Å². The Hall–Kier alpha value is -0.570. The van der Waals surface area contributed by atoms with Gasteiger partial charge in [-0.2, -0.15) is 0 Å². The lowest BCUT2D eigenvalue weighted by molar-refractivity contribution is -0.144. The SMILES string of the molecule is CCOC1CC2CC1C1C(=O)OCC21. The van der Waals surface area contributed by atoms with E-state index in [0.29, 0.717) is 30.5 Å². The number of rotatable bonds is 2. The number of hydrogen-bond donors (Lipinski definition) is 0. The van der Waals surface area contributed by atoms with Crippen LogP contribution in [-0.2, 0) is 14.3 Å².